The molecule has 6 heteroatoms. The molecule has 0 heterocycles. The van der Waals surface area contributed by atoms with Crippen molar-refractivity contribution in [3.63, 3.8) is 0 Å². The van der Waals surface area contributed by atoms with Crippen LogP contribution in [0, 0.1) is 0 Å². The van der Waals surface area contributed by atoms with Crippen molar-refractivity contribution < 1.29 is 4.74 Å². The van der Waals surface area contributed by atoms with Crippen LogP contribution in [0.25, 0.3) is 0 Å². The number of anilines is 1. The molecular formula is C20H17Cl2N3O. The van der Waals surface area contributed by atoms with Gasteiger partial charge in [-0.05, 0) is 42.5 Å². The molecule has 0 spiro atoms. The molecule has 26 heavy (non-hydrogen) atoms. The van der Waals surface area contributed by atoms with Gasteiger partial charge in [0.1, 0.15) is 11.4 Å². The number of benzene rings is 3. The largest absolute Gasteiger partial charge is 0.455 e. The number of hydrogen-bond acceptors (Lipinski definition) is 4. The van der Waals surface area contributed by atoms with Crippen molar-refractivity contribution >= 4 is 40.3 Å². The summed E-state index contributed by atoms with van der Waals surface area (Å²) < 4.78 is 6.02. The van der Waals surface area contributed by atoms with E-state index in [2.05, 4.69) is 10.2 Å². The lowest BCUT2D eigenvalue weighted by Gasteiger charge is -2.18. The fourth-order valence-electron chi connectivity index (χ4n) is 2.31. The summed E-state index contributed by atoms with van der Waals surface area (Å²) in [5.74, 6) is 1.44. The summed E-state index contributed by atoms with van der Waals surface area (Å²) in [7, 11) is 3.92. The quantitative estimate of drug-likeness (QED) is 0.433. The predicted octanol–water partition coefficient (Wildman–Crippen LogP) is 7.27. The second-order valence-corrected chi connectivity index (χ2v) is 6.60. The third kappa shape index (κ3) is 4.54. The molecule has 0 saturated carbocycles. The van der Waals surface area contributed by atoms with Crippen LogP contribution in [-0.4, -0.2) is 14.1 Å². The molecule has 0 aliphatic carbocycles. The SMILES string of the molecule is CN(C)c1ccc(/N=N/c2cc(Cl)ccc2Cl)cc1Oc1ccccc1. The van der Waals surface area contributed by atoms with Crippen molar-refractivity contribution in [1.82, 2.24) is 0 Å². The second-order valence-electron chi connectivity index (χ2n) is 5.76. The van der Waals surface area contributed by atoms with Crippen LogP contribution in [-0.2, 0) is 0 Å². The zero-order valence-corrected chi connectivity index (χ0v) is 15.9. The standard InChI is InChI=1S/C20H17Cl2N3O/c1-25(2)19-11-9-15(13-20(19)26-16-6-4-3-5-7-16)23-24-18-12-14(21)8-10-17(18)22/h3-13H,1-2H3/b24-23+. The minimum Gasteiger partial charge on any atom is -0.455 e. The Morgan fingerprint density at radius 3 is 2.35 bits per heavy atom. The number of rotatable bonds is 5. The molecule has 0 aromatic heterocycles. The maximum atomic E-state index is 6.12. The summed E-state index contributed by atoms with van der Waals surface area (Å²) in [6, 6.07) is 20.3. The maximum Gasteiger partial charge on any atom is 0.152 e. The first-order valence-corrected chi connectivity index (χ1v) is 8.69. The van der Waals surface area contributed by atoms with Gasteiger partial charge in [-0.15, -0.1) is 5.11 Å². The molecule has 132 valence electrons. The van der Waals surface area contributed by atoms with Gasteiger partial charge in [0.25, 0.3) is 0 Å². The van der Waals surface area contributed by atoms with Crippen LogP contribution in [0.4, 0.5) is 17.1 Å². The number of halogens is 2. The van der Waals surface area contributed by atoms with Crippen molar-refractivity contribution in [3.8, 4) is 11.5 Å². The Bertz CT molecular complexity index is 928. The zero-order chi connectivity index (χ0) is 18.5. The van der Waals surface area contributed by atoms with E-state index in [-0.39, 0.29) is 0 Å². The van der Waals surface area contributed by atoms with E-state index in [9.17, 15) is 0 Å². The van der Waals surface area contributed by atoms with E-state index in [4.69, 9.17) is 27.9 Å². The molecule has 3 rings (SSSR count). The highest BCUT2D eigenvalue weighted by Crippen LogP contribution is 2.36. The first-order valence-electron chi connectivity index (χ1n) is 7.94. The van der Waals surface area contributed by atoms with E-state index in [0.29, 0.717) is 27.2 Å². The molecule has 3 aromatic carbocycles. The van der Waals surface area contributed by atoms with Gasteiger partial charge in [-0.2, -0.15) is 5.11 Å². The fraction of sp³-hybridized carbons (Fsp3) is 0.100. The van der Waals surface area contributed by atoms with E-state index in [1.165, 1.54) is 0 Å². The smallest absolute Gasteiger partial charge is 0.152 e. The first kappa shape index (κ1) is 18.2. The Morgan fingerprint density at radius 2 is 1.62 bits per heavy atom. The van der Waals surface area contributed by atoms with Crippen LogP contribution in [0.5, 0.6) is 11.5 Å². The lowest BCUT2D eigenvalue weighted by molar-refractivity contribution is 0.483. The van der Waals surface area contributed by atoms with Crippen molar-refractivity contribution in [2.75, 3.05) is 19.0 Å². The van der Waals surface area contributed by atoms with E-state index in [1.807, 2.05) is 67.5 Å². The molecule has 0 bridgehead atoms. The molecule has 0 aliphatic rings. The van der Waals surface area contributed by atoms with Crippen LogP contribution in [0.15, 0.2) is 77.0 Å². The van der Waals surface area contributed by atoms with E-state index in [0.717, 1.165) is 11.4 Å². The summed E-state index contributed by atoms with van der Waals surface area (Å²) in [6.07, 6.45) is 0. The lowest BCUT2D eigenvalue weighted by atomic mass is 10.2. The van der Waals surface area contributed by atoms with Gasteiger partial charge in [0.15, 0.2) is 5.75 Å². The van der Waals surface area contributed by atoms with Crippen LogP contribution in [0.1, 0.15) is 0 Å². The van der Waals surface area contributed by atoms with Crippen molar-refractivity contribution in [2.45, 2.75) is 0 Å². The highest BCUT2D eigenvalue weighted by molar-refractivity contribution is 6.35. The second kappa shape index (κ2) is 8.21. The average Bonchev–Trinajstić information content (AvgIpc) is 2.63. The molecular weight excluding hydrogens is 369 g/mol. The van der Waals surface area contributed by atoms with E-state index < -0.39 is 0 Å². The number of para-hydroxylation sites is 1. The van der Waals surface area contributed by atoms with Gasteiger partial charge in [-0.25, -0.2) is 0 Å². The molecule has 0 unspecified atom stereocenters. The van der Waals surface area contributed by atoms with Crippen LogP contribution in [0.2, 0.25) is 10.0 Å². The number of nitrogens with zero attached hydrogens (tertiary/aromatic N) is 3. The molecule has 4 nitrogen and oxygen atoms in total. The molecule has 0 saturated heterocycles. The van der Waals surface area contributed by atoms with Gasteiger partial charge in [0, 0.05) is 25.2 Å². The summed E-state index contributed by atoms with van der Waals surface area (Å²) in [4.78, 5) is 1.98. The topological polar surface area (TPSA) is 37.2 Å². The third-order valence-corrected chi connectivity index (χ3v) is 4.13. The number of hydrogen-bond donors (Lipinski definition) is 0. The lowest BCUT2D eigenvalue weighted by Crippen LogP contribution is -2.09. The van der Waals surface area contributed by atoms with Gasteiger partial charge >= 0.3 is 0 Å². The predicted molar refractivity (Wildman–Crippen MR) is 108 cm³/mol. The Labute approximate surface area is 162 Å². The minimum absolute atomic E-state index is 0.490. The fourth-order valence-corrected chi connectivity index (χ4v) is 2.63. The average molecular weight is 386 g/mol. The van der Waals surface area contributed by atoms with Crippen LogP contribution >= 0.6 is 23.2 Å². The van der Waals surface area contributed by atoms with Crippen molar-refractivity contribution in [3.05, 3.63) is 76.8 Å². The molecule has 0 N–H and O–H groups in total. The van der Waals surface area contributed by atoms with Gasteiger partial charge in [-0.1, -0.05) is 41.4 Å². The van der Waals surface area contributed by atoms with Gasteiger partial charge in [0.2, 0.25) is 0 Å². The van der Waals surface area contributed by atoms with Gasteiger partial charge in [0.05, 0.1) is 16.4 Å². The van der Waals surface area contributed by atoms with Crippen LogP contribution in [0.3, 0.4) is 0 Å². The molecule has 0 amide bonds. The molecule has 0 atom stereocenters. The number of azo groups is 1. The Morgan fingerprint density at radius 1 is 0.846 bits per heavy atom. The molecule has 3 aromatic rings. The van der Waals surface area contributed by atoms with Gasteiger partial charge < -0.3 is 9.64 Å². The summed E-state index contributed by atoms with van der Waals surface area (Å²) in [5, 5.41) is 9.51. The number of ether oxygens (including phenoxy) is 1. The zero-order valence-electron chi connectivity index (χ0n) is 14.4. The monoisotopic (exact) mass is 385 g/mol. The Balaban J connectivity index is 1.92. The van der Waals surface area contributed by atoms with Crippen molar-refractivity contribution in [1.29, 1.82) is 0 Å². The normalized spacial score (nSPS) is 10.9. The highest BCUT2D eigenvalue weighted by atomic mass is 35.5. The van der Waals surface area contributed by atoms with E-state index >= 15 is 0 Å². The van der Waals surface area contributed by atoms with Crippen molar-refractivity contribution in [2.24, 2.45) is 10.2 Å². The third-order valence-electron chi connectivity index (χ3n) is 3.58. The first-order chi connectivity index (χ1) is 12.5. The molecule has 0 fully saturated rings. The highest BCUT2D eigenvalue weighted by Gasteiger charge is 2.09. The molecule has 0 radical (unpaired) electrons. The minimum atomic E-state index is 0.490. The van der Waals surface area contributed by atoms with E-state index in [1.54, 1.807) is 18.2 Å². The van der Waals surface area contributed by atoms with Crippen LogP contribution < -0.4 is 9.64 Å². The Hall–Kier alpha value is -2.56. The van der Waals surface area contributed by atoms with Gasteiger partial charge in [-0.3, -0.25) is 0 Å². The maximum absolute atomic E-state index is 6.12. The Kier molecular flexibility index (Phi) is 5.76. The summed E-state index contributed by atoms with van der Waals surface area (Å²) in [6.45, 7) is 0. The molecule has 0 aliphatic heterocycles. The summed E-state index contributed by atoms with van der Waals surface area (Å²) >= 11 is 12.1. The summed E-state index contributed by atoms with van der Waals surface area (Å²) in [5.41, 5.74) is 2.10.